The van der Waals surface area contributed by atoms with Gasteiger partial charge in [0.1, 0.15) is 0 Å². The van der Waals surface area contributed by atoms with Crippen molar-refractivity contribution in [1.29, 1.82) is 0 Å². The van der Waals surface area contributed by atoms with E-state index in [2.05, 4.69) is 17.0 Å². The Bertz CT molecular complexity index is 207. The van der Waals surface area contributed by atoms with Crippen molar-refractivity contribution in [2.75, 3.05) is 7.05 Å². The summed E-state index contributed by atoms with van der Waals surface area (Å²) in [4.78, 5) is 14.3. The van der Waals surface area contributed by atoms with Crippen molar-refractivity contribution < 1.29 is 4.79 Å². The number of allylic oxidation sites excluding steroid dienone is 3. The first-order valence-electron chi connectivity index (χ1n) is 4.29. The number of rotatable bonds is 6. The molecule has 0 aromatic carbocycles. The number of amides is 1. The SMILES string of the molecule is C=N/C=C\C=C/CCCC(=O)NC. The fourth-order valence-corrected chi connectivity index (χ4v) is 0.791. The first-order chi connectivity index (χ1) is 6.31. The number of nitrogens with zero attached hydrogens (tertiary/aromatic N) is 1. The van der Waals surface area contributed by atoms with E-state index in [-0.39, 0.29) is 5.91 Å². The van der Waals surface area contributed by atoms with E-state index >= 15 is 0 Å². The maximum absolute atomic E-state index is 10.8. The number of unbranched alkanes of at least 4 members (excludes halogenated alkanes) is 1. The molecule has 1 amide bonds. The van der Waals surface area contributed by atoms with Crippen LogP contribution in [-0.4, -0.2) is 19.7 Å². The van der Waals surface area contributed by atoms with Gasteiger partial charge in [0.15, 0.2) is 0 Å². The topological polar surface area (TPSA) is 41.5 Å². The highest BCUT2D eigenvalue weighted by Gasteiger charge is 1.93. The molecule has 0 saturated heterocycles. The predicted molar refractivity (Wildman–Crippen MR) is 55.7 cm³/mol. The van der Waals surface area contributed by atoms with Gasteiger partial charge in [-0.2, -0.15) is 0 Å². The lowest BCUT2D eigenvalue weighted by Crippen LogP contribution is -2.16. The van der Waals surface area contributed by atoms with Crippen molar-refractivity contribution in [3.63, 3.8) is 0 Å². The fraction of sp³-hybridized carbons (Fsp3) is 0.400. The molecule has 0 spiro atoms. The predicted octanol–water partition coefficient (Wildman–Crippen LogP) is 1.67. The molecule has 0 aromatic rings. The molecule has 3 nitrogen and oxygen atoms in total. The normalized spacial score (nSPS) is 10.8. The highest BCUT2D eigenvalue weighted by molar-refractivity contribution is 5.75. The molecule has 0 fully saturated rings. The molecular formula is C10H16N2O. The van der Waals surface area contributed by atoms with E-state index in [0.717, 1.165) is 12.8 Å². The Hall–Kier alpha value is -1.38. The van der Waals surface area contributed by atoms with Gasteiger partial charge >= 0.3 is 0 Å². The average molecular weight is 180 g/mol. The molecule has 0 heterocycles. The summed E-state index contributed by atoms with van der Waals surface area (Å²) in [5.41, 5.74) is 0. The highest BCUT2D eigenvalue weighted by atomic mass is 16.1. The standard InChI is InChI=1S/C10H16N2O/c1-11-9-7-5-3-4-6-8-10(13)12-2/h3,5,7,9H,1,4,6,8H2,2H3,(H,12,13)/b5-3-,9-7-. The summed E-state index contributed by atoms with van der Waals surface area (Å²) in [6, 6.07) is 0. The number of carbonyl (C=O) groups excluding carboxylic acids is 1. The van der Waals surface area contributed by atoms with Crippen LogP contribution in [0.4, 0.5) is 0 Å². The van der Waals surface area contributed by atoms with E-state index in [1.165, 1.54) is 0 Å². The van der Waals surface area contributed by atoms with Gasteiger partial charge < -0.3 is 5.32 Å². The van der Waals surface area contributed by atoms with E-state index < -0.39 is 0 Å². The molecule has 0 aliphatic rings. The van der Waals surface area contributed by atoms with Crippen molar-refractivity contribution >= 4 is 12.6 Å². The Morgan fingerprint density at radius 1 is 1.54 bits per heavy atom. The van der Waals surface area contributed by atoms with Crippen LogP contribution in [-0.2, 0) is 4.79 Å². The van der Waals surface area contributed by atoms with Gasteiger partial charge in [-0.05, 0) is 25.6 Å². The van der Waals surface area contributed by atoms with Crippen LogP contribution in [0, 0.1) is 0 Å². The van der Waals surface area contributed by atoms with E-state index in [9.17, 15) is 4.79 Å². The number of nitrogens with one attached hydrogen (secondary N) is 1. The van der Waals surface area contributed by atoms with Gasteiger partial charge in [-0.15, -0.1) is 0 Å². The number of aliphatic imine (C=N–C) groups is 1. The molecule has 1 N–H and O–H groups in total. The van der Waals surface area contributed by atoms with E-state index in [4.69, 9.17) is 0 Å². The van der Waals surface area contributed by atoms with Crippen LogP contribution in [0.15, 0.2) is 29.4 Å². The largest absolute Gasteiger partial charge is 0.359 e. The summed E-state index contributed by atoms with van der Waals surface area (Å²) in [6.45, 7) is 3.31. The van der Waals surface area contributed by atoms with Gasteiger partial charge in [0.05, 0.1) is 0 Å². The summed E-state index contributed by atoms with van der Waals surface area (Å²) in [6.07, 6.45) is 9.72. The minimum atomic E-state index is 0.0942. The Morgan fingerprint density at radius 3 is 2.92 bits per heavy atom. The van der Waals surface area contributed by atoms with E-state index in [0.29, 0.717) is 6.42 Å². The van der Waals surface area contributed by atoms with Gasteiger partial charge in [-0.25, -0.2) is 0 Å². The van der Waals surface area contributed by atoms with Crippen molar-refractivity contribution in [1.82, 2.24) is 5.32 Å². The van der Waals surface area contributed by atoms with Crippen LogP contribution in [0.1, 0.15) is 19.3 Å². The lowest BCUT2D eigenvalue weighted by Gasteiger charge is -1.95. The second-order valence-electron chi connectivity index (χ2n) is 2.52. The van der Waals surface area contributed by atoms with Gasteiger partial charge in [0, 0.05) is 19.7 Å². The van der Waals surface area contributed by atoms with Crippen molar-refractivity contribution in [3.8, 4) is 0 Å². The average Bonchev–Trinajstić information content (AvgIpc) is 2.16. The van der Waals surface area contributed by atoms with Gasteiger partial charge in [-0.3, -0.25) is 9.79 Å². The molecule has 3 heteroatoms. The lowest BCUT2D eigenvalue weighted by atomic mass is 10.2. The van der Waals surface area contributed by atoms with Gasteiger partial charge in [0.25, 0.3) is 0 Å². The zero-order valence-electron chi connectivity index (χ0n) is 7.99. The van der Waals surface area contributed by atoms with Gasteiger partial charge in [0.2, 0.25) is 5.91 Å². The highest BCUT2D eigenvalue weighted by Crippen LogP contribution is 1.96. The second kappa shape index (κ2) is 8.71. The van der Waals surface area contributed by atoms with E-state index in [1.807, 2.05) is 18.2 Å². The number of carbonyl (C=O) groups is 1. The summed E-state index contributed by atoms with van der Waals surface area (Å²) in [7, 11) is 1.65. The van der Waals surface area contributed by atoms with Crippen LogP contribution in [0.2, 0.25) is 0 Å². The fourth-order valence-electron chi connectivity index (χ4n) is 0.791. The Kier molecular flexibility index (Phi) is 7.79. The molecule has 0 radical (unpaired) electrons. The molecule has 0 unspecified atom stereocenters. The lowest BCUT2D eigenvalue weighted by molar-refractivity contribution is -0.120. The van der Waals surface area contributed by atoms with Crippen molar-refractivity contribution in [2.45, 2.75) is 19.3 Å². The first-order valence-corrected chi connectivity index (χ1v) is 4.29. The maximum Gasteiger partial charge on any atom is 0.219 e. The Morgan fingerprint density at radius 2 is 2.31 bits per heavy atom. The third kappa shape index (κ3) is 8.53. The van der Waals surface area contributed by atoms with Crippen LogP contribution in [0.25, 0.3) is 0 Å². The Balaban J connectivity index is 3.34. The van der Waals surface area contributed by atoms with E-state index in [1.54, 1.807) is 13.2 Å². The van der Waals surface area contributed by atoms with Crippen molar-refractivity contribution in [3.05, 3.63) is 24.4 Å². The molecule has 0 rings (SSSR count). The van der Waals surface area contributed by atoms with Gasteiger partial charge in [-0.1, -0.05) is 12.2 Å². The summed E-state index contributed by atoms with van der Waals surface area (Å²) < 4.78 is 0. The zero-order valence-corrected chi connectivity index (χ0v) is 7.99. The molecule has 0 aliphatic carbocycles. The minimum Gasteiger partial charge on any atom is -0.359 e. The molecule has 0 bridgehead atoms. The third-order valence-corrected chi connectivity index (χ3v) is 1.49. The van der Waals surface area contributed by atoms with Crippen LogP contribution in [0.5, 0.6) is 0 Å². The summed E-state index contributed by atoms with van der Waals surface area (Å²) >= 11 is 0. The minimum absolute atomic E-state index is 0.0942. The monoisotopic (exact) mass is 180 g/mol. The molecule has 0 atom stereocenters. The molecule has 0 saturated carbocycles. The molecule has 0 aromatic heterocycles. The molecular weight excluding hydrogens is 164 g/mol. The maximum atomic E-state index is 10.8. The summed E-state index contributed by atoms with van der Waals surface area (Å²) in [5.74, 6) is 0.0942. The Labute approximate surface area is 79.3 Å². The van der Waals surface area contributed by atoms with Crippen LogP contribution >= 0.6 is 0 Å². The van der Waals surface area contributed by atoms with Crippen LogP contribution < -0.4 is 5.32 Å². The molecule has 13 heavy (non-hydrogen) atoms. The molecule has 72 valence electrons. The quantitative estimate of drug-likeness (QED) is 0.377. The second-order valence-corrected chi connectivity index (χ2v) is 2.52. The molecule has 0 aliphatic heterocycles. The van der Waals surface area contributed by atoms with Crippen LogP contribution in [0.3, 0.4) is 0 Å². The first kappa shape index (κ1) is 11.6. The number of hydrogen-bond acceptors (Lipinski definition) is 2. The smallest absolute Gasteiger partial charge is 0.219 e. The third-order valence-electron chi connectivity index (χ3n) is 1.49. The summed E-state index contributed by atoms with van der Waals surface area (Å²) in [5, 5.41) is 2.58. The number of hydrogen-bond donors (Lipinski definition) is 1. The van der Waals surface area contributed by atoms with Crippen molar-refractivity contribution in [2.24, 2.45) is 4.99 Å². The zero-order chi connectivity index (χ0) is 9.94.